The number of hydrogen-bond acceptors (Lipinski definition) is 1. The van der Waals surface area contributed by atoms with Gasteiger partial charge in [0, 0.05) is 16.2 Å². The van der Waals surface area contributed by atoms with Gasteiger partial charge < -0.3 is 4.42 Å². The number of rotatable bonds is 6. The minimum atomic E-state index is -2.89. The number of furan rings is 1. The zero-order valence-corrected chi connectivity index (χ0v) is 37.3. The second kappa shape index (κ2) is 14.4. The van der Waals surface area contributed by atoms with E-state index >= 15 is 0 Å². The summed E-state index contributed by atoms with van der Waals surface area (Å²) in [6.07, 6.45) is 0. The van der Waals surface area contributed by atoms with Crippen molar-refractivity contribution < 1.29 is 4.42 Å². The van der Waals surface area contributed by atoms with E-state index in [4.69, 9.17) is 4.42 Å². The Labute approximate surface area is 379 Å². The molecule has 2 heteroatoms. The molecule has 1 nitrogen and oxygen atoms in total. The van der Waals surface area contributed by atoms with Gasteiger partial charge in [0.2, 0.25) is 0 Å². The second-order valence-corrected chi connectivity index (χ2v) is 22.0. The number of benzene rings is 11. The first kappa shape index (κ1) is 37.7. The minimum Gasteiger partial charge on any atom is -0.456 e. The fourth-order valence-corrected chi connectivity index (χ4v) is 16.7. The van der Waals surface area contributed by atoms with Crippen LogP contribution in [0.5, 0.6) is 0 Å². The fourth-order valence-electron chi connectivity index (χ4n) is 11.7. The van der Waals surface area contributed by atoms with Crippen LogP contribution >= 0.6 is 0 Å². The third-order valence-corrected chi connectivity index (χ3v) is 19.4. The van der Waals surface area contributed by atoms with E-state index in [2.05, 4.69) is 244 Å². The zero-order valence-electron chi connectivity index (χ0n) is 36.3. The van der Waals surface area contributed by atoms with Gasteiger partial charge in [-0.25, -0.2) is 0 Å². The lowest BCUT2D eigenvalue weighted by atomic mass is 9.80. The predicted molar refractivity (Wildman–Crippen MR) is 278 cm³/mol. The monoisotopic (exact) mass is 844 g/mol. The van der Waals surface area contributed by atoms with Crippen molar-refractivity contribution >= 4 is 83.1 Å². The van der Waals surface area contributed by atoms with Crippen LogP contribution in [0.15, 0.2) is 235 Å². The van der Waals surface area contributed by atoms with Crippen LogP contribution in [0.1, 0.15) is 25.0 Å². The van der Waals surface area contributed by atoms with E-state index in [1.54, 1.807) is 0 Å². The van der Waals surface area contributed by atoms with Crippen LogP contribution in [-0.2, 0) is 5.41 Å². The molecule has 0 unspecified atom stereocenters. The van der Waals surface area contributed by atoms with Gasteiger partial charge in [-0.2, -0.15) is 0 Å². The molecule has 0 atom stereocenters. The molecule has 0 aliphatic heterocycles. The molecule has 0 bridgehead atoms. The van der Waals surface area contributed by atoms with E-state index in [1.165, 1.54) is 103 Å². The van der Waals surface area contributed by atoms with E-state index in [-0.39, 0.29) is 5.41 Å². The van der Waals surface area contributed by atoms with Crippen LogP contribution in [0.3, 0.4) is 0 Å². The Morgan fingerprint density at radius 3 is 1.45 bits per heavy atom. The number of fused-ring (bicyclic) bond motifs is 10. The molecule has 0 saturated carbocycles. The molecule has 0 radical (unpaired) electrons. The first-order chi connectivity index (χ1) is 32.0. The summed E-state index contributed by atoms with van der Waals surface area (Å²) in [5.74, 6) is 0. The maximum Gasteiger partial charge on any atom is 0.180 e. The lowest BCUT2D eigenvalue weighted by Gasteiger charge is -2.34. The highest BCUT2D eigenvalue weighted by atomic mass is 28.3. The van der Waals surface area contributed by atoms with Gasteiger partial charge in [0.25, 0.3) is 0 Å². The van der Waals surface area contributed by atoms with Crippen molar-refractivity contribution in [2.75, 3.05) is 0 Å². The Hall–Kier alpha value is -7.78. The Bertz CT molecular complexity index is 3690. The first-order valence-electron chi connectivity index (χ1n) is 22.8. The highest BCUT2D eigenvalue weighted by Gasteiger charge is 2.43. The average molecular weight is 845 g/mol. The van der Waals surface area contributed by atoms with E-state index in [0.717, 1.165) is 16.6 Å². The van der Waals surface area contributed by atoms with Crippen molar-refractivity contribution in [1.82, 2.24) is 0 Å². The minimum absolute atomic E-state index is 0.139. The Kier molecular flexibility index (Phi) is 8.34. The van der Waals surface area contributed by atoms with E-state index in [1.807, 2.05) is 0 Å². The molecule has 1 aliphatic carbocycles. The van der Waals surface area contributed by atoms with Crippen LogP contribution < -0.4 is 20.7 Å². The summed E-state index contributed by atoms with van der Waals surface area (Å²) in [6, 6.07) is 86.0. The Balaban J connectivity index is 1.06. The fraction of sp³-hybridized carbons (Fsp3) is 0.0476. The first-order valence-corrected chi connectivity index (χ1v) is 24.8. The van der Waals surface area contributed by atoms with Crippen molar-refractivity contribution in [2.24, 2.45) is 0 Å². The molecule has 1 aliphatic rings. The van der Waals surface area contributed by atoms with E-state index in [9.17, 15) is 0 Å². The third kappa shape index (κ3) is 5.44. The van der Waals surface area contributed by atoms with Crippen LogP contribution in [-0.4, -0.2) is 8.07 Å². The molecule has 13 rings (SSSR count). The molecule has 1 heterocycles. The van der Waals surface area contributed by atoms with Crippen molar-refractivity contribution in [1.29, 1.82) is 0 Å². The molecule has 0 amide bonds. The summed E-state index contributed by atoms with van der Waals surface area (Å²) in [6.45, 7) is 4.78. The van der Waals surface area contributed by atoms with Gasteiger partial charge in [-0.05, 0) is 122 Å². The van der Waals surface area contributed by atoms with E-state index in [0.29, 0.717) is 0 Å². The van der Waals surface area contributed by atoms with Crippen LogP contribution in [0.25, 0.3) is 87.6 Å². The highest BCUT2D eigenvalue weighted by Crippen LogP contribution is 2.53. The second-order valence-electron chi connectivity index (χ2n) is 18.3. The summed E-state index contributed by atoms with van der Waals surface area (Å²) in [7, 11) is -2.89. The SMILES string of the molecule is CC1(C)c2cc(-c3c4ccccc4c(-c4ccc5oc6cccc([Si](c7ccccc7)(c7ccccc7)c7ccccc7)c6c5c4)c4ccccc34)ccc2-c2c1ccc1ccccc21. The topological polar surface area (TPSA) is 13.1 Å². The molecule has 0 spiro atoms. The van der Waals surface area contributed by atoms with Crippen molar-refractivity contribution in [2.45, 2.75) is 19.3 Å². The third-order valence-electron chi connectivity index (χ3n) is 14.6. The highest BCUT2D eigenvalue weighted by molar-refractivity contribution is 7.20. The van der Waals surface area contributed by atoms with Gasteiger partial charge >= 0.3 is 0 Å². The molecule has 0 fully saturated rings. The molecular weight excluding hydrogens is 801 g/mol. The lowest BCUT2D eigenvalue weighted by Crippen LogP contribution is -2.74. The summed E-state index contributed by atoms with van der Waals surface area (Å²) in [5.41, 5.74) is 12.1. The molecule has 0 saturated heterocycles. The molecule has 12 aromatic rings. The normalized spacial score (nSPS) is 13.2. The maximum atomic E-state index is 6.86. The maximum absolute atomic E-state index is 6.86. The van der Waals surface area contributed by atoms with Crippen molar-refractivity contribution in [3.8, 4) is 33.4 Å². The van der Waals surface area contributed by atoms with Gasteiger partial charge in [0.15, 0.2) is 8.07 Å². The zero-order chi connectivity index (χ0) is 43.3. The molecule has 65 heavy (non-hydrogen) atoms. The quantitative estimate of drug-likeness (QED) is 0.0923. The van der Waals surface area contributed by atoms with Gasteiger partial charge in [-0.3, -0.25) is 0 Å². The molecule has 11 aromatic carbocycles. The van der Waals surface area contributed by atoms with Gasteiger partial charge in [-0.15, -0.1) is 0 Å². The molecule has 0 N–H and O–H groups in total. The van der Waals surface area contributed by atoms with Crippen molar-refractivity contribution in [3.05, 3.63) is 242 Å². The summed E-state index contributed by atoms with van der Waals surface area (Å²) < 4.78 is 6.86. The average Bonchev–Trinajstić information content (AvgIpc) is 3.85. The summed E-state index contributed by atoms with van der Waals surface area (Å²) >= 11 is 0. The van der Waals surface area contributed by atoms with Crippen LogP contribution in [0.2, 0.25) is 0 Å². The van der Waals surface area contributed by atoms with Gasteiger partial charge in [0.1, 0.15) is 11.2 Å². The number of hydrogen-bond donors (Lipinski definition) is 0. The molecule has 1 aromatic heterocycles. The largest absolute Gasteiger partial charge is 0.456 e. The lowest BCUT2D eigenvalue weighted by molar-refractivity contribution is 0.661. The summed E-state index contributed by atoms with van der Waals surface area (Å²) in [4.78, 5) is 0. The summed E-state index contributed by atoms with van der Waals surface area (Å²) in [5, 5.41) is 15.3. The standard InChI is InChI=1S/C63H44OSi/c1-63(2)54-37-34-41-19-12-13-26-47(41)61(54)52-36-33-43(40-55(52)63)60-50-29-16-14-27-48(50)59(49-28-15-17-30-51(49)60)42-35-38-56-53(39-42)62-57(64-56)31-18-32-58(62)65(44-20-6-3-7-21-44,45-22-8-4-9-23-45)46-24-10-5-11-25-46/h3-40H,1-2H3. The van der Waals surface area contributed by atoms with Crippen LogP contribution in [0.4, 0.5) is 0 Å². The van der Waals surface area contributed by atoms with Crippen molar-refractivity contribution in [3.63, 3.8) is 0 Å². The smallest absolute Gasteiger partial charge is 0.180 e. The van der Waals surface area contributed by atoms with Gasteiger partial charge in [-0.1, -0.05) is 220 Å². The Morgan fingerprint density at radius 2 is 0.862 bits per heavy atom. The molecule has 306 valence electrons. The molecular formula is C63H44OSi. The predicted octanol–water partition coefficient (Wildman–Crippen LogP) is 14.1. The van der Waals surface area contributed by atoms with E-state index < -0.39 is 8.07 Å². The Morgan fingerprint density at radius 1 is 0.354 bits per heavy atom. The van der Waals surface area contributed by atoms with Gasteiger partial charge in [0.05, 0.1) is 0 Å². The van der Waals surface area contributed by atoms with Crippen LogP contribution in [0, 0.1) is 0 Å².